The van der Waals surface area contributed by atoms with Crippen molar-refractivity contribution in [3.05, 3.63) is 59.8 Å². The van der Waals surface area contributed by atoms with E-state index in [-0.39, 0.29) is 12.5 Å². The van der Waals surface area contributed by atoms with Crippen molar-refractivity contribution in [3.8, 4) is 11.4 Å². The van der Waals surface area contributed by atoms with Gasteiger partial charge in [-0.1, -0.05) is 30.3 Å². The minimum absolute atomic E-state index is 0.0234. The molecule has 0 fully saturated rings. The number of aromatic nitrogens is 3. The molecule has 0 radical (unpaired) electrons. The lowest BCUT2D eigenvalue weighted by atomic mass is 10.0. The predicted octanol–water partition coefficient (Wildman–Crippen LogP) is 2.68. The van der Waals surface area contributed by atoms with E-state index in [0.717, 1.165) is 28.9 Å². The molecule has 1 aromatic carbocycles. The van der Waals surface area contributed by atoms with E-state index in [0.29, 0.717) is 45.1 Å². The third kappa shape index (κ3) is 4.60. The summed E-state index contributed by atoms with van der Waals surface area (Å²) in [4.78, 5) is 18.8. The van der Waals surface area contributed by atoms with Crippen LogP contribution in [-0.4, -0.2) is 51.9 Å². The summed E-state index contributed by atoms with van der Waals surface area (Å²) in [7, 11) is 0. The fourth-order valence-corrected chi connectivity index (χ4v) is 3.64. The van der Waals surface area contributed by atoms with Gasteiger partial charge in [0.15, 0.2) is 6.39 Å². The van der Waals surface area contributed by atoms with Gasteiger partial charge in [0.1, 0.15) is 24.3 Å². The monoisotopic (exact) mass is 410 g/mol. The second-order valence-corrected chi connectivity index (χ2v) is 7.11. The molecule has 1 aliphatic heterocycles. The van der Waals surface area contributed by atoms with Crippen molar-refractivity contribution in [1.29, 1.82) is 0 Å². The molecule has 2 aromatic heterocycles. The van der Waals surface area contributed by atoms with E-state index in [1.807, 2.05) is 46.8 Å². The van der Waals surface area contributed by atoms with Gasteiger partial charge < -0.3 is 18.8 Å². The molecule has 4 rings (SSSR count). The van der Waals surface area contributed by atoms with Gasteiger partial charge in [-0.2, -0.15) is 5.10 Å². The van der Waals surface area contributed by atoms with Crippen LogP contribution in [-0.2, 0) is 40.4 Å². The number of ether oxygens (including phenoxy) is 2. The van der Waals surface area contributed by atoms with Crippen molar-refractivity contribution in [1.82, 2.24) is 19.7 Å². The van der Waals surface area contributed by atoms with Crippen LogP contribution in [0, 0.1) is 0 Å². The molecule has 158 valence electrons. The highest BCUT2D eigenvalue weighted by Crippen LogP contribution is 2.29. The molecule has 0 unspecified atom stereocenters. The van der Waals surface area contributed by atoms with Gasteiger partial charge in [0.25, 0.3) is 0 Å². The Labute approximate surface area is 175 Å². The summed E-state index contributed by atoms with van der Waals surface area (Å²) >= 11 is 0. The minimum Gasteiger partial charge on any atom is -0.451 e. The summed E-state index contributed by atoms with van der Waals surface area (Å²) in [5.41, 5.74) is 4.63. The van der Waals surface area contributed by atoms with Crippen LogP contribution in [0.1, 0.15) is 23.7 Å². The molecule has 0 spiro atoms. The summed E-state index contributed by atoms with van der Waals surface area (Å²) in [5.74, 6) is -0.0234. The van der Waals surface area contributed by atoms with Crippen molar-refractivity contribution in [2.24, 2.45) is 0 Å². The highest BCUT2D eigenvalue weighted by Gasteiger charge is 2.28. The molecule has 0 N–H and O–H groups in total. The van der Waals surface area contributed by atoms with E-state index in [2.05, 4.69) is 4.98 Å². The van der Waals surface area contributed by atoms with Crippen LogP contribution >= 0.6 is 0 Å². The highest BCUT2D eigenvalue weighted by atomic mass is 16.5. The van der Waals surface area contributed by atoms with Crippen molar-refractivity contribution in [2.75, 3.05) is 26.4 Å². The molecule has 0 aliphatic carbocycles. The van der Waals surface area contributed by atoms with Gasteiger partial charge in [-0.3, -0.25) is 9.48 Å². The average molecular weight is 410 g/mol. The van der Waals surface area contributed by atoms with Gasteiger partial charge in [0, 0.05) is 37.4 Å². The van der Waals surface area contributed by atoms with Gasteiger partial charge in [-0.25, -0.2) is 4.98 Å². The molecule has 8 nitrogen and oxygen atoms in total. The standard InChI is InChI=1S/C22H26N4O4/c1-2-28-11-10-26-20-8-9-25(12-18(20)22(24-26)19-14-30-16-23-19)21(27)15-29-13-17-6-4-3-5-7-17/h3-7,14,16H,2,8-13,15H2,1H3. The second-order valence-electron chi connectivity index (χ2n) is 7.11. The average Bonchev–Trinajstić information content (AvgIpc) is 3.42. The number of carbonyl (C=O) groups is 1. The normalized spacial score (nSPS) is 13.4. The molecule has 30 heavy (non-hydrogen) atoms. The van der Waals surface area contributed by atoms with Crippen LogP contribution < -0.4 is 0 Å². The lowest BCUT2D eigenvalue weighted by Gasteiger charge is -2.28. The Bertz CT molecular complexity index is 953. The fourth-order valence-electron chi connectivity index (χ4n) is 3.64. The number of fused-ring (bicyclic) bond motifs is 1. The maximum Gasteiger partial charge on any atom is 0.248 e. The number of amides is 1. The van der Waals surface area contributed by atoms with Crippen LogP contribution in [0.15, 0.2) is 47.4 Å². The first-order valence-corrected chi connectivity index (χ1v) is 10.2. The molecule has 1 amide bonds. The van der Waals surface area contributed by atoms with Gasteiger partial charge in [0.2, 0.25) is 5.91 Å². The summed E-state index contributed by atoms with van der Waals surface area (Å²) in [6.45, 7) is 5.51. The predicted molar refractivity (Wildman–Crippen MR) is 109 cm³/mol. The summed E-state index contributed by atoms with van der Waals surface area (Å²) in [6, 6.07) is 9.85. The van der Waals surface area contributed by atoms with Crippen molar-refractivity contribution in [2.45, 2.75) is 33.0 Å². The molecular weight excluding hydrogens is 384 g/mol. The number of oxazole rings is 1. The van der Waals surface area contributed by atoms with Gasteiger partial charge in [-0.05, 0) is 12.5 Å². The third-order valence-electron chi connectivity index (χ3n) is 5.15. The number of hydrogen-bond acceptors (Lipinski definition) is 6. The maximum absolute atomic E-state index is 12.7. The van der Waals surface area contributed by atoms with E-state index >= 15 is 0 Å². The Morgan fingerprint density at radius 2 is 2.10 bits per heavy atom. The Balaban J connectivity index is 1.44. The fraction of sp³-hybridized carbons (Fsp3) is 0.409. The molecule has 0 bridgehead atoms. The Morgan fingerprint density at radius 3 is 2.87 bits per heavy atom. The van der Waals surface area contributed by atoms with Gasteiger partial charge in [0.05, 0.1) is 19.8 Å². The van der Waals surface area contributed by atoms with E-state index in [9.17, 15) is 4.79 Å². The van der Waals surface area contributed by atoms with Crippen LogP contribution in [0.3, 0.4) is 0 Å². The van der Waals surface area contributed by atoms with E-state index < -0.39 is 0 Å². The topological polar surface area (TPSA) is 82.6 Å². The third-order valence-corrected chi connectivity index (χ3v) is 5.15. The number of carbonyl (C=O) groups excluding carboxylic acids is 1. The van der Waals surface area contributed by atoms with Crippen molar-refractivity contribution < 1.29 is 18.7 Å². The Hall–Kier alpha value is -2.97. The molecule has 0 atom stereocenters. The smallest absolute Gasteiger partial charge is 0.248 e. The molecular formula is C22H26N4O4. The number of hydrogen-bond donors (Lipinski definition) is 0. The SMILES string of the molecule is CCOCCn1nc(-c2cocn2)c2c1CCN(C(=O)COCc1ccccc1)C2. The van der Waals surface area contributed by atoms with Gasteiger partial charge >= 0.3 is 0 Å². The second kappa shape index (κ2) is 9.69. The molecule has 8 heteroatoms. The Morgan fingerprint density at radius 1 is 1.23 bits per heavy atom. The van der Waals surface area contributed by atoms with Crippen LogP contribution in [0.2, 0.25) is 0 Å². The highest BCUT2D eigenvalue weighted by molar-refractivity contribution is 5.78. The zero-order valence-corrected chi connectivity index (χ0v) is 17.1. The quantitative estimate of drug-likeness (QED) is 0.505. The molecule has 3 heterocycles. The lowest BCUT2D eigenvalue weighted by molar-refractivity contribution is -0.137. The summed E-state index contributed by atoms with van der Waals surface area (Å²) in [6.07, 6.45) is 3.71. The van der Waals surface area contributed by atoms with Crippen LogP contribution in [0.5, 0.6) is 0 Å². The zero-order valence-electron chi connectivity index (χ0n) is 17.1. The first kappa shape index (κ1) is 20.3. The molecule has 1 aliphatic rings. The van der Waals surface area contributed by atoms with Crippen LogP contribution in [0.25, 0.3) is 11.4 Å². The number of nitrogens with zero attached hydrogens (tertiary/aromatic N) is 4. The van der Waals surface area contributed by atoms with Gasteiger partial charge in [-0.15, -0.1) is 0 Å². The lowest BCUT2D eigenvalue weighted by Crippen LogP contribution is -2.38. The first-order chi connectivity index (χ1) is 14.8. The first-order valence-electron chi connectivity index (χ1n) is 10.2. The minimum atomic E-state index is -0.0234. The molecule has 0 saturated heterocycles. The number of rotatable bonds is 9. The zero-order chi connectivity index (χ0) is 20.8. The summed E-state index contributed by atoms with van der Waals surface area (Å²) in [5, 5.41) is 4.75. The maximum atomic E-state index is 12.7. The van der Waals surface area contributed by atoms with Crippen molar-refractivity contribution in [3.63, 3.8) is 0 Å². The van der Waals surface area contributed by atoms with Crippen molar-refractivity contribution >= 4 is 5.91 Å². The number of benzene rings is 1. The van der Waals surface area contributed by atoms with E-state index in [1.54, 1.807) is 6.26 Å². The van der Waals surface area contributed by atoms with E-state index in [1.165, 1.54) is 6.39 Å². The molecule has 0 saturated carbocycles. The summed E-state index contributed by atoms with van der Waals surface area (Å²) < 4.78 is 18.3. The van der Waals surface area contributed by atoms with E-state index in [4.69, 9.17) is 19.0 Å². The van der Waals surface area contributed by atoms with Crippen LogP contribution in [0.4, 0.5) is 0 Å². The Kier molecular flexibility index (Phi) is 6.56. The molecule has 3 aromatic rings. The largest absolute Gasteiger partial charge is 0.451 e.